The van der Waals surface area contributed by atoms with Gasteiger partial charge in [-0.15, -0.1) is 0 Å². The van der Waals surface area contributed by atoms with Crippen molar-refractivity contribution in [2.75, 3.05) is 18.9 Å². The lowest BCUT2D eigenvalue weighted by Crippen LogP contribution is -2.41. The van der Waals surface area contributed by atoms with Gasteiger partial charge >= 0.3 is 0 Å². The van der Waals surface area contributed by atoms with Gasteiger partial charge in [-0.05, 0) is 24.3 Å². The fourth-order valence-corrected chi connectivity index (χ4v) is 4.06. The van der Waals surface area contributed by atoms with Crippen LogP contribution in [0.5, 0.6) is 11.5 Å². The number of amides is 1. The Labute approximate surface area is 182 Å². The van der Waals surface area contributed by atoms with Crippen LogP contribution in [-0.2, 0) is 4.79 Å². The summed E-state index contributed by atoms with van der Waals surface area (Å²) in [6.45, 7) is 0.772. The van der Waals surface area contributed by atoms with Gasteiger partial charge in [0.25, 0.3) is 0 Å². The van der Waals surface area contributed by atoms with E-state index in [2.05, 4.69) is 20.4 Å². The number of fused-ring (bicyclic) bond motifs is 2. The van der Waals surface area contributed by atoms with E-state index in [1.807, 2.05) is 54.6 Å². The first-order chi connectivity index (χ1) is 15.3. The second-order valence-corrected chi connectivity index (χ2v) is 7.86. The third-order valence-corrected chi connectivity index (χ3v) is 5.77. The summed E-state index contributed by atoms with van der Waals surface area (Å²) in [5.41, 5.74) is 1.62. The van der Waals surface area contributed by atoms with Crippen molar-refractivity contribution < 1.29 is 14.3 Å². The Kier molecular flexibility index (Phi) is 5.40. The summed E-state index contributed by atoms with van der Waals surface area (Å²) >= 11 is 1.35. The van der Waals surface area contributed by atoms with Gasteiger partial charge < -0.3 is 14.8 Å². The first-order valence-electron chi connectivity index (χ1n) is 9.80. The number of nitrogens with one attached hydrogen (secondary N) is 1. The van der Waals surface area contributed by atoms with Crippen molar-refractivity contribution >= 4 is 28.7 Å². The quantitative estimate of drug-likeness (QED) is 0.369. The van der Waals surface area contributed by atoms with Crippen LogP contribution in [0.4, 0.5) is 0 Å². The fourth-order valence-electron chi connectivity index (χ4n) is 3.27. The molecule has 3 heterocycles. The van der Waals surface area contributed by atoms with Crippen LogP contribution in [0.1, 0.15) is 0 Å². The average molecular weight is 433 g/mol. The van der Waals surface area contributed by atoms with Crippen molar-refractivity contribution in [1.82, 2.24) is 25.1 Å². The largest absolute Gasteiger partial charge is 0.486 e. The Bertz CT molecular complexity index is 1210. The SMILES string of the molecule is O=C(CSc1ncnc2c1cnn2-c1ccccc1)NCC1COc2ccccc2O1. The summed E-state index contributed by atoms with van der Waals surface area (Å²) in [6.07, 6.45) is 3.00. The summed E-state index contributed by atoms with van der Waals surface area (Å²) in [5.74, 6) is 1.55. The van der Waals surface area contributed by atoms with Crippen molar-refractivity contribution in [3.63, 3.8) is 0 Å². The minimum Gasteiger partial charge on any atom is -0.486 e. The van der Waals surface area contributed by atoms with Crippen LogP contribution in [-0.4, -0.2) is 50.7 Å². The molecular weight excluding hydrogens is 414 g/mol. The standard InChI is InChI=1S/C22H19N5O3S/c28-20(23-10-16-12-29-18-8-4-5-9-19(18)30-16)13-31-22-17-11-26-27(21(17)24-14-25-22)15-6-2-1-3-7-15/h1-9,11,14,16H,10,12-13H2,(H,23,28). The molecule has 0 fully saturated rings. The molecule has 2 aromatic carbocycles. The predicted octanol–water partition coefficient (Wildman–Crippen LogP) is 2.86. The molecule has 4 aromatic rings. The number of nitrogens with zero attached hydrogens (tertiary/aromatic N) is 4. The lowest BCUT2D eigenvalue weighted by molar-refractivity contribution is -0.119. The molecule has 0 saturated carbocycles. The zero-order chi connectivity index (χ0) is 21.0. The van der Waals surface area contributed by atoms with Gasteiger partial charge in [-0.2, -0.15) is 5.10 Å². The first kappa shape index (κ1) is 19.4. The summed E-state index contributed by atoms with van der Waals surface area (Å²) in [6, 6.07) is 17.3. The second kappa shape index (κ2) is 8.65. The maximum atomic E-state index is 12.4. The van der Waals surface area contributed by atoms with Crippen molar-refractivity contribution in [2.45, 2.75) is 11.1 Å². The van der Waals surface area contributed by atoms with E-state index in [4.69, 9.17) is 9.47 Å². The van der Waals surface area contributed by atoms with E-state index in [1.165, 1.54) is 18.1 Å². The van der Waals surface area contributed by atoms with Gasteiger partial charge in [0, 0.05) is 0 Å². The highest BCUT2D eigenvalue weighted by molar-refractivity contribution is 8.00. The molecule has 0 aliphatic carbocycles. The topological polar surface area (TPSA) is 91.2 Å². The highest BCUT2D eigenvalue weighted by Gasteiger charge is 2.21. The summed E-state index contributed by atoms with van der Waals surface area (Å²) in [4.78, 5) is 21.1. The molecule has 0 bridgehead atoms. The molecule has 5 rings (SSSR count). The molecule has 9 heteroatoms. The van der Waals surface area contributed by atoms with Gasteiger partial charge in [-0.1, -0.05) is 42.1 Å². The molecule has 1 unspecified atom stereocenters. The van der Waals surface area contributed by atoms with Gasteiger partial charge in [0.1, 0.15) is 24.1 Å². The van der Waals surface area contributed by atoms with Gasteiger partial charge in [-0.3, -0.25) is 4.79 Å². The van der Waals surface area contributed by atoms with Crippen molar-refractivity contribution in [3.8, 4) is 17.2 Å². The van der Waals surface area contributed by atoms with Crippen molar-refractivity contribution in [1.29, 1.82) is 0 Å². The zero-order valence-corrected chi connectivity index (χ0v) is 17.3. The molecule has 1 amide bonds. The Morgan fingerprint density at radius 3 is 2.77 bits per heavy atom. The monoisotopic (exact) mass is 433 g/mol. The minimum atomic E-state index is -0.223. The van der Waals surface area contributed by atoms with Gasteiger partial charge in [0.05, 0.1) is 29.6 Å². The van der Waals surface area contributed by atoms with Crippen LogP contribution in [0.25, 0.3) is 16.7 Å². The molecule has 0 saturated heterocycles. The molecule has 1 aliphatic heterocycles. The number of aromatic nitrogens is 4. The third kappa shape index (κ3) is 4.17. The summed E-state index contributed by atoms with van der Waals surface area (Å²) in [7, 11) is 0. The minimum absolute atomic E-state index is 0.102. The lowest BCUT2D eigenvalue weighted by atomic mass is 10.2. The third-order valence-electron chi connectivity index (χ3n) is 4.76. The van der Waals surface area contributed by atoms with E-state index in [0.717, 1.165) is 16.8 Å². The molecule has 31 heavy (non-hydrogen) atoms. The van der Waals surface area contributed by atoms with Crippen LogP contribution in [0.2, 0.25) is 0 Å². The van der Waals surface area contributed by atoms with Gasteiger partial charge in [0.2, 0.25) is 5.91 Å². The number of hydrogen-bond acceptors (Lipinski definition) is 7. The molecule has 8 nitrogen and oxygen atoms in total. The van der Waals surface area contributed by atoms with Gasteiger partial charge in [-0.25, -0.2) is 14.6 Å². The van der Waals surface area contributed by atoms with E-state index in [-0.39, 0.29) is 17.8 Å². The van der Waals surface area contributed by atoms with Crippen LogP contribution in [0.15, 0.2) is 72.1 Å². The normalized spacial score (nSPS) is 15.0. The highest BCUT2D eigenvalue weighted by Crippen LogP contribution is 2.30. The smallest absolute Gasteiger partial charge is 0.230 e. The number of thioether (sulfide) groups is 1. The van der Waals surface area contributed by atoms with Gasteiger partial charge in [0.15, 0.2) is 17.1 Å². The van der Waals surface area contributed by atoms with E-state index < -0.39 is 0 Å². The predicted molar refractivity (Wildman–Crippen MR) is 117 cm³/mol. The molecule has 0 radical (unpaired) electrons. The Morgan fingerprint density at radius 1 is 1.10 bits per heavy atom. The van der Waals surface area contributed by atoms with E-state index in [9.17, 15) is 4.79 Å². The second-order valence-electron chi connectivity index (χ2n) is 6.90. The summed E-state index contributed by atoms with van der Waals surface area (Å²) < 4.78 is 13.3. The molecule has 0 spiro atoms. The van der Waals surface area contributed by atoms with E-state index in [0.29, 0.717) is 29.6 Å². The number of carbonyl (C=O) groups is 1. The van der Waals surface area contributed by atoms with Crippen LogP contribution >= 0.6 is 11.8 Å². The number of ether oxygens (including phenoxy) is 2. The van der Waals surface area contributed by atoms with Crippen molar-refractivity contribution in [2.24, 2.45) is 0 Å². The molecule has 1 atom stereocenters. The first-order valence-corrected chi connectivity index (χ1v) is 10.8. The number of carbonyl (C=O) groups excluding carboxylic acids is 1. The van der Waals surface area contributed by atoms with Crippen LogP contribution < -0.4 is 14.8 Å². The number of para-hydroxylation sites is 3. The Morgan fingerprint density at radius 2 is 1.90 bits per heavy atom. The maximum absolute atomic E-state index is 12.4. The maximum Gasteiger partial charge on any atom is 0.230 e. The average Bonchev–Trinajstić information content (AvgIpc) is 3.26. The van der Waals surface area contributed by atoms with E-state index >= 15 is 0 Å². The molecule has 1 N–H and O–H groups in total. The Balaban J connectivity index is 1.19. The Hall–Kier alpha value is -3.59. The summed E-state index contributed by atoms with van der Waals surface area (Å²) in [5, 5.41) is 8.87. The fraction of sp³-hybridized carbons (Fsp3) is 0.182. The van der Waals surface area contributed by atoms with E-state index in [1.54, 1.807) is 10.9 Å². The van der Waals surface area contributed by atoms with Crippen molar-refractivity contribution in [3.05, 3.63) is 67.1 Å². The molecular formula is C22H19N5O3S. The highest BCUT2D eigenvalue weighted by atomic mass is 32.2. The number of rotatable bonds is 6. The molecule has 156 valence electrons. The lowest BCUT2D eigenvalue weighted by Gasteiger charge is -2.26. The zero-order valence-electron chi connectivity index (χ0n) is 16.5. The van der Waals surface area contributed by atoms with Crippen LogP contribution in [0, 0.1) is 0 Å². The molecule has 2 aromatic heterocycles. The number of benzene rings is 2. The molecule has 1 aliphatic rings. The number of hydrogen-bond donors (Lipinski definition) is 1. The van der Waals surface area contributed by atoms with Crippen LogP contribution in [0.3, 0.4) is 0 Å².